The molecule has 0 aliphatic carbocycles. The van der Waals surface area contributed by atoms with E-state index in [2.05, 4.69) is 73.9 Å². The largest absolute Gasteiger partial charge is 0.0895 e. The van der Waals surface area contributed by atoms with Crippen molar-refractivity contribution in [3.8, 4) is 0 Å². The van der Waals surface area contributed by atoms with Gasteiger partial charge in [-0.25, -0.2) is 0 Å². The highest BCUT2D eigenvalue weighted by atomic mass is 32.2. The van der Waals surface area contributed by atoms with E-state index in [-0.39, 0.29) is 0 Å². The Bertz CT molecular complexity index is 696. The van der Waals surface area contributed by atoms with Crippen molar-refractivity contribution in [3.05, 3.63) is 80.4 Å². The Morgan fingerprint density at radius 1 is 0.850 bits per heavy atom. The lowest BCUT2D eigenvalue weighted by atomic mass is 10.1. The zero-order valence-electron chi connectivity index (χ0n) is 11.6. The van der Waals surface area contributed by atoms with Crippen LogP contribution >= 0.6 is 23.5 Å². The monoisotopic (exact) mass is 296 g/mol. The highest BCUT2D eigenvalue weighted by Crippen LogP contribution is 2.49. The van der Waals surface area contributed by atoms with Crippen molar-refractivity contribution in [1.29, 1.82) is 0 Å². The molecule has 0 bridgehead atoms. The number of benzene rings is 2. The zero-order chi connectivity index (χ0) is 13.9. The smallest absolute Gasteiger partial charge is 0.0499 e. The van der Waals surface area contributed by atoms with Crippen LogP contribution in [0.4, 0.5) is 0 Å². The Kier molecular flexibility index (Phi) is 4.04. The molecule has 3 rings (SSSR count). The first-order chi connectivity index (χ1) is 9.74. The molecule has 0 saturated heterocycles. The molecular formula is C18H16S2. The summed E-state index contributed by atoms with van der Waals surface area (Å²) in [5, 5.41) is 2.26. The first-order valence-electron chi connectivity index (χ1n) is 6.62. The van der Waals surface area contributed by atoms with Crippen LogP contribution < -0.4 is 0 Å². The third kappa shape index (κ3) is 2.87. The van der Waals surface area contributed by atoms with Crippen LogP contribution in [0.5, 0.6) is 0 Å². The van der Waals surface area contributed by atoms with E-state index in [1.54, 1.807) is 0 Å². The summed E-state index contributed by atoms with van der Waals surface area (Å²) in [6.45, 7) is 4.33. The molecule has 100 valence electrons. The molecule has 0 spiro atoms. The lowest BCUT2D eigenvalue weighted by Crippen LogP contribution is -1.82. The van der Waals surface area contributed by atoms with Crippen LogP contribution in [0.15, 0.2) is 58.2 Å². The van der Waals surface area contributed by atoms with E-state index < -0.39 is 0 Å². The fourth-order valence-electron chi connectivity index (χ4n) is 2.18. The van der Waals surface area contributed by atoms with E-state index in [4.69, 9.17) is 0 Å². The Morgan fingerprint density at radius 2 is 1.55 bits per heavy atom. The first-order valence-corrected chi connectivity index (χ1v) is 8.31. The lowest BCUT2D eigenvalue weighted by molar-refractivity contribution is 1.44. The Labute approximate surface area is 129 Å². The molecule has 1 aliphatic rings. The van der Waals surface area contributed by atoms with Gasteiger partial charge in [0, 0.05) is 9.14 Å². The molecule has 0 aromatic heterocycles. The maximum atomic E-state index is 2.28. The summed E-state index contributed by atoms with van der Waals surface area (Å²) in [7, 11) is 0. The Hall–Kier alpha value is -1.38. The topological polar surface area (TPSA) is 0 Å². The van der Waals surface area contributed by atoms with Gasteiger partial charge in [-0.15, -0.1) is 0 Å². The summed E-state index contributed by atoms with van der Waals surface area (Å²) >= 11 is 3.69. The van der Waals surface area contributed by atoms with Gasteiger partial charge in [0.15, 0.2) is 0 Å². The molecule has 20 heavy (non-hydrogen) atoms. The minimum absolute atomic E-state index is 1.31. The van der Waals surface area contributed by atoms with Gasteiger partial charge < -0.3 is 0 Å². The number of rotatable bonds is 2. The fraction of sp³-hybridized carbons (Fsp3) is 0.111. The summed E-state index contributed by atoms with van der Waals surface area (Å²) in [6.07, 6.45) is 2.28. The minimum atomic E-state index is 1.31. The van der Waals surface area contributed by atoms with Gasteiger partial charge >= 0.3 is 0 Å². The van der Waals surface area contributed by atoms with E-state index in [9.17, 15) is 0 Å². The standard InChI is InChI=1S/C18H16S2/c1-13-7-3-5-9-15(13)11-18-19-12-17(20-18)16-10-6-4-8-14(16)2/h3-12H,1-2H3/b18-11+. The first kappa shape index (κ1) is 13.6. The normalized spacial score (nSPS) is 16.5. The number of aryl methyl sites for hydroxylation is 2. The maximum Gasteiger partial charge on any atom is 0.0499 e. The van der Waals surface area contributed by atoms with Crippen LogP contribution in [0.1, 0.15) is 22.3 Å². The van der Waals surface area contributed by atoms with Crippen molar-refractivity contribution in [3.63, 3.8) is 0 Å². The third-order valence-corrected chi connectivity index (χ3v) is 5.63. The molecule has 0 radical (unpaired) electrons. The SMILES string of the molecule is Cc1ccccc1/C=C1\SC=C(c2ccccc2C)S1. The second kappa shape index (κ2) is 5.94. The maximum absolute atomic E-state index is 2.28. The summed E-state index contributed by atoms with van der Waals surface area (Å²) in [5.74, 6) is 0. The van der Waals surface area contributed by atoms with Crippen LogP contribution in [0.25, 0.3) is 11.0 Å². The summed E-state index contributed by atoms with van der Waals surface area (Å²) in [5.41, 5.74) is 5.31. The van der Waals surface area contributed by atoms with Crippen LogP contribution in [0, 0.1) is 13.8 Å². The van der Waals surface area contributed by atoms with Crippen LogP contribution in [-0.4, -0.2) is 0 Å². The highest BCUT2D eigenvalue weighted by Gasteiger charge is 2.15. The van der Waals surface area contributed by atoms with Gasteiger partial charge in [-0.05, 0) is 47.6 Å². The zero-order valence-corrected chi connectivity index (χ0v) is 13.2. The molecule has 2 aromatic carbocycles. The van der Waals surface area contributed by atoms with Gasteiger partial charge in [0.05, 0.1) is 0 Å². The average molecular weight is 296 g/mol. The van der Waals surface area contributed by atoms with Crippen LogP contribution in [-0.2, 0) is 0 Å². The van der Waals surface area contributed by atoms with E-state index >= 15 is 0 Å². The molecule has 0 nitrogen and oxygen atoms in total. The molecule has 1 heterocycles. The number of thioether (sulfide) groups is 2. The molecule has 1 aliphatic heterocycles. The van der Waals surface area contributed by atoms with Gasteiger partial charge in [-0.3, -0.25) is 0 Å². The minimum Gasteiger partial charge on any atom is -0.0895 e. The second-order valence-corrected chi connectivity index (χ2v) is 7.09. The van der Waals surface area contributed by atoms with Gasteiger partial charge in [0.25, 0.3) is 0 Å². The fourth-order valence-corrected chi connectivity index (χ4v) is 4.40. The highest BCUT2D eigenvalue weighted by molar-refractivity contribution is 8.31. The molecule has 2 aromatic rings. The van der Waals surface area contributed by atoms with Crippen molar-refractivity contribution >= 4 is 34.5 Å². The molecule has 0 unspecified atom stereocenters. The average Bonchev–Trinajstić information content (AvgIpc) is 2.90. The van der Waals surface area contributed by atoms with Gasteiger partial charge in [0.2, 0.25) is 0 Å². The van der Waals surface area contributed by atoms with E-state index in [1.165, 1.54) is 31.4 Å². The van der Waals surface area contributed by atoms with Crippen molar-refractivity contribution in [2.75, 3.05) is 0 Å². The van der Waals surface area contributed by atoms with Crippen molar-refractivity contribution in [2.24, 2.45) is 0 Å². The van der Waals surface area contributed by atoms with Gasteiger partial charge in [-0.2, -0.15) is 0 Å². The predicted molar refractivity (Wildman–Crippen MR) is 93.5 cm³/mol. The Morgan fingerprint density at radius 3 is 2.30 bits per heavy atom. The van der Waals surface area contributed by atoms with E-state index in [1.807, 2.05) is 23.5 Å². The number of hydrogen-bond acceptors (Lipinski definition) is 2. The lowest BCUT2D eigenvalue weighted by Gasteiger charge is -2.05. The molecule has 0 N–H and O–H groups in total. The molecule has 0 saturated carbocycles. The molecule has 0 atom stereocenters. The molecule has 0 amide bonds. The van der Waals surface area contributed by atoms with E-state index in [0.29, 0.717) is 0 Å². The Balaban J connectivity index is 1.83. The third-order valence-electron chi connectivity index (χ3n) is 3.37. The quantitative estimate of drug-likeness (QED) is 0.658. The second-order valence-electron chi connectivity index (χ2n) is 4.84. The van der Waals surface area contributed by atoms with Crippen molar-refractivity contribution in [2.45, 2.75) is 13.8 Å². The van der Waals surface area contributed by atoms with Crippen molar-refractivity contribution < 1.29 is 0 Å². The molecule has 0 fully saturated rings. The molecule has 2 heteroatoms. The predicted octanol–water partition coefficient (Wildman–Crippen LogP) is 6.08. The van der Waals surface area contributed by atoms with Crippen LogP contribution in [0.3, 0.4) is 0 Å². The summed E-state index contributed by atoms with van der Waals surface area (Å²) < 4.78 is 1.34. The van der Waals surface area contributed by atoms with E-state index in [0.717, 1.165) is 0 Å². The molecular weight excluding hydrogens is 280 g/mol. The summed E-state index contributed by atoms with van der Waals surface area (Å²) in [6, 6.07) is 17.1. The number of hydrogen-bond donors (Lipinski definition) is 0. The summed E-state index contributed by atoms with van der Waals surface area (Å²) in [4.78, 5) is 1.35. The van der Waals surface area contributed by atoms with Crippen LogP contribution in [0.2, 0.25) is 0 Å². The van der Waals surface area contributed by atoms with Gasteiger partial charge in [-0.1, -0.05) is 72.1 Å². The van der Waals surface area contributed by atoms with Crippen molar-refractivity contribution in [1.82, 2.24) is 0 Å². The van der Waals surface area contributed by atoms with Gasteiger partial charge in [0.1, 0.15) is 0 Å².